The second-order valence-corrected chi connectivity index (χ2v) is 4.58. The van der Waals surface area contributed by atoms with Crippen molar-refractivity contribution in [1.82, 2.24) is 4.98 Å². The molecule has 4 heteroatoms. The Morgan fingerprint density at radius 3 is 2.65 bits per heavy atom. The number of hydrogen-bond donors (Lipinski definition) is 0. The molecule has 0 aliphatic heterocycles. The molecule has 0 fully saturated rings. The van der Waals surface area contributed by atoms with Gasteiger partial charge in [-0.15, -0.1) is 0 Å². The third-order valence-electron chi connectivity index (χ3n) is 2.52. The average Bonchev–Trinajstić information content (AvgIpc) is 2.32. The van der Waals surface area contributed by atoms with Gasteiger partial charge in [-0.2, -0.15) is 0 Å². The van der Waals surface area contributed by atoms with E-state index in [1.807, 2.05) is 43.4 Å². The average molecular weight is 267 g/mol. The van der Waals surface area contributed by atoms with E-state index in [9.17, 15) is 0 Å². The van der Waals surface area contributed by atoms with Gasteiger partial charge in [0.25, 0.3) is 0 Å². The zero-order valence-corrected chi connectivity index (χ0v) is 10.9. The first-order chi connectivity index (χ1) is 8.16. The molecule has 0 radical (unpaired) electrons. The molecule has 0 saturated heterocycles. The highest BCUT2D eigenvalue weighted by atomic mass is 35.5. The van der Waals surface area contributed by atoms with E-state index in [4.69, 9.17) is 23.2 Å². The molecule has 17 heavy (non-hydrogen) atoms. The molecule has 0 saturated carbocycles. The summed E-state index contributed by atoms with van der Waals surface area (Å²) in [7, 11) is 2.00. The van der Waals surface area contributed by atoms with Crippen LogP contribution in [0, 0.1) is 0 Å². The molecule has 0 aliphatic rings. The van der Waals surface area contributed by atoms with Crippen LogP contribution in [0.2, 0.25) is 10.2 Å². The molecule has 0 atom stereocenters. The summed E-state index contributed by atoms with van der Waals surface area (Å²) in [6.07, 6.45) is 1.70. The molecule has 1 heterocycles. The first-order valence-electron chi connectivity index (χ1n) is 5.23. The normalized spacial score (nSPS) is 10.3. The van der Waals surface area contributed by atoms with Gasteiger partial charge in [-0.1, -0.05) is 41.4 Å². The van der Waals surface area contributed by atoms with Crippen LogP contribution >= 0.6 is 23.2 Å². The Kier molecular flexibility index (Phi) is 3.87. The summed E-state index contributed by atoms with van der Waals surface area (Å²) in [6, 6.07) is 11.6. The number of benzene rings is 1. The van der Waals surface area contributed by atoms with Crippen LogP contribution in [0.1, 0.15) is 5.56 Å². The van der Waals surface area contributed by atoms with Crippen LogP contribution in [-0.2, 0) is 6.54 Å². The van der Waals surface area contributed by atoms with Crippen LogP contribution in [0.15, 0.2) is 42.6 Å². The molecular formula is C13H12Cl2N2. The Labute approximate surface area is 111 Å². The molecule has 0 amide bonds. The molecule has 0 N–H and O–H groups in total. The van der Waals surface area contributed by atoms with Gasteiger partial charge >= 0.3 is 0 Å². The Balaban J connectivity index is 2.17. The van der Waals surface area contributed by atoms with Crippen LogP contribution < -0.4 is 4.90 Å². The monoisotopic (exact) mass is 266 g/mol. The topological polar surface area (TPSA) is 16.1 Å². The van der Waals surface area contributed by atoms with Gasteiger partial charge in [0.15, 0.2) is 0 Å². The molecule has 0 spiro atoms. The standard InChI is InChI=1S/C13H12Cl2N2/c1-17(11-6-7-16-13(15)8-11)9-10-4-2-3-5-12(10)14/h2-8H,9H2,1H3. The van der Waals surface area contributed by atoms with Crippen LogP contribution in [0.3, 0.4) is 0 Å². The van der Waals surface area contributed by atoms with Gasteiger partial charge < -0.3 is 4.90 Å². The van der Waals surface area contributed by atoms with Crippen molar-refractivity contribution in [3.8, 4) is 0 Å². The van der Waals surface area contributed by atoms with E-state index in [0.717, 1.165) is 22.8 Å². The molecule has 0 aliphatic carbocycles. The molecule has 2 aromatic rings. The fraction of sp³-hybridized carbons (Fsp3) is 0.154. The lowest BCUT2D eigenvalue weighted by atomic mass is 10.2. The fourth-order valence-electron chi connectivity index (χ4n) is 1.60. The number of anilines is 1. The summed E-state index contributed by atoms with van der Waals surface area (Å²) < 4.78 is 0. The number of hydrogen-bond acceptors (Lipinski definition) is 2. The Morgan fingerprint density at radius 2 is 1.94 bits per heavy atom. The number of pyridine rings is 1. The van der Waals surface area contributed by atoms with Crippen molar-refractivity contribution in [2.45, 2.75) is 6.54 Å². The highest BCUT2D eigenvalue weighted by Gasteiger charge is 2.05. The lowest BCUT2D eigenvalue weighted by Gasteiger charge is -2.19. The molecule has 88 valence electrons. The molecule has 1 aromatic carbocycles. The van der Waals surface area contributed by atoms with E-state index in [0.29, 0.717) is 5.15 Å². The highest BCUT2D eigenvalue weighted by Crippen LogP contribution is 2.21. The van der Waals surface area contributed by atoms with Crippen molar-refractivity contribution in [1.29, 1.82) is 0 Å². The zero-order chi connectivity index (χ0) is 12.3. The van der Waals surface area contributed by atoms with Crippen LogP contribution in [0.25, 0.3) is 0 Å². The van der Waals surface area contributed by atoms with E-state index in [1.54, 1.807) is 6.20 Å². The van der Waals surface area contributed by atoms with Crippen molar-refractivity contribution < 1.29 is 0 Å². The minimum absolute atomic E-state index is 0.494. The van der Waals surface area contributed by atoms with E-state index in [1.165, 1.54) is 0 Å². The van der Waals surface area contributed by atoms with Crippen molar-refractivity contribution in [3.05, 3.63) is 58.3 Å². The van der Waals surface area contributed by atoms with E-state index in [-0.39, 0.29) is 0 Å². The van der Waals surface area contributed by atoms with E-state index >= 15 is 0 Å². The quantitative estimate of drug-likeness (QED) is 0.780. The smallest absolute Gasteiger partial charge is 0.131 e. The third-order valence-corrected chi connectivity index (χ3v) is 3.09. The molecule has 1 aromatic heterocycles. The SMILES string of the molecule is CN(Cc1ccccc1Cl)c1ccnc(Cl)c1. The third kappa shape index (κ3) is 3.11. The van der Waals surface area contributed by atoms with Gasteiger partial charge in [0.2, 0.25) is 0 Å². The predicted molar refractivity (Wildman–Crippen MR) is 72.8 cm³/mol. The molecule has 0 bridgehead atoms. The van der Waals surface area contributed by atoms with Crippen molar-refractivity contribution in [2.75, 3.05) is 11.9 Å². The maximum Gasteiger partial charge on any atom is 0.131 e. The minimum Gasteiger partial charge on any atom is -0.370 e. The maximum atomic E-state index is 6.12. The van der Waals surface area contributed by atoms with Crippen molar-refractivity contribution in [2.24, 2.45) is 0 Å². The van der Waals surface area contributed by atoms with Crippen LogP contribution in [-0.4, -0.2) is 12.0 Å². The summed E-state index contributed by atoms with van der Waals surface area (Å²) in [4.78, 5) is 6.04. The summed E-state index contributed by atoms with van der Waals surface area (Å²) >= 11 is 12.0. The van der Waals surface area contributed by atoms with Crippen molar-refractivity contribution in [3.63, 3.8) is 0 Å². The Bertz CT molecular complexity index is 514. The fourth-order valence-corrected chi connectivity index (χ4v) is 1.97. The van der Waals surface area contributed by atoms with E-state index in [2.05, 4.69) is 9.88 Å². The van der Waals surface area contributed by atoms with Gasteiger partial charge in [0.05, 0.1) is 0 Å². The van der Waals surface area contributed by atoms with Crippen LogP contribution in [0.4, 0.5) is 5.69 Å². The number of aromatic nitrogens is 1. The first kappa shape index (κ1) is 12.2. The number of rotatable bonds is 3. The summed E-state index contributed by atoms with van der Waals surface area (Å²) in [5.41, 5.74) is 2.11. The lowest BCUT2D eigenvalue weighted by Crippen LogP contribution is -2.16. The molecule has 2 rings (SSSR count). The number of halogens is 2. The van der Waals surface area contributed by atoms with Gasteiger partial charge in [0, 0.05) is 30.5 Å². The Hall–Kier alpha value is -1.25. The van der Waals surface area contributed by atoms with Crippen molar-refractivity contribution >= 4 is 28.9 Å². The second kappa shape index (κ2) is 5.39. The number of nitrogens with zero attached hydrogens (tertiary/aromatic N) is 2. The second-order valence-electron chi connectivity index (χ2n) is 3.78. The predicted octanol–water partition coefficient (Wildman–Crippen LogP) is 4.02. The van der Waals surface area contributed by atoms with Crippen LogP contribution in [0.5, 0.6) is 0 Å². The summed E-state index contributed by atoms with van der Waals surface area (Å²) in [5, 5.41) is 1.27. The Morgan fingerprint density at radius 1 is 1.18 bits per heavy atom. The molecule has 2 nitrogen and oxygen atoms in total. The highest BCUT2D eigenvalue weighted by molar-refractivity contribution is 6.31. The van der Waals surface area contributed by atoms with E-state index < -0.39 is 0 Å². The van der Waals surface area contributed by atoms with Gasteiger partial charge in [-0.05, 0) is 23.8 Å². The van der Waals surface area contributed by atoms with Gasteiger partial charge in [-0.25, -0.2) is 4.98 Å². The molecule has 0 unspecified atom stereocenters. The largest absolute Gasteiger partial charge is 0.370 e. The van der Waals surface area contributed by atoms with Gasteiger partial charge in [-0.3, -0.25) is 0 Å². The minimum atomic E-state index is 0.494. The van der Waals surface area contributed by atoms with Gasteiger partial charge in [0.1, 0.15) is 5.15 Å². The lowest BCUT2D eigenvalue weighted by molar-refractivity contribution is 0.921. The summed E-state index contributed by atoms with van der Waals surface area (Å²) in [5.74, 6) is 0. The summed E-state index contributed by atoms with van der Waals surface area (Å²) in [6.45, 7) is 0.736. The zero-order valence-electron chi connectivity index (χ0n) is 9.40. The maximum absolute atomic E-state index is 6.12. The first-order valence-corrected chi connectivity index (χ1v) is 5.98. The molecular weight excluding hydrogens is 255 g/mol.